The number of halogens is 1. The number of benzene rings is 2. The van der Waals surface area contributed by atoms with Gasteiger partial charge in [0, 0.05) is 29.2 Å². The molecule has 4 heteroatoms. The van der Waals surface area contributed by atoms with Crippen molar-refractivity contribution in [3.05, 3.63) is 70.8 Å². The Hall–Kier alpha value is -2.26. The first-order valence-corrected chi connectivity index (χ1v) is 8.28. The van der Waals surface area contributed by atoms with E-state index in [9.17, 15) is 4.79 Å². The van der Waals surface area contributed by atoms with E-state index in [1.165, 1.54) is 11.3 Å². The van der Waals surface area contributed by atoms with Gasteiger partial charge in [0.25, 0.3) is 0 Å². The number of hydrogen-bond donors (Lipinski definition) is 0. The average molecular weight is 323 g/mol. The number of para-hydroxylation sites is 1. The van der Waals surface area contributed by atoms with Gasteiger partial charge in [0.05, 0.1) is 5.70 Å². The molecule has 3 heterocycles. The second kappa shape index (κ2) is 4.62. The van der Waals surface area contributed by atoms with Crippen molar-refractivity contribution in [3.63, 3.8) is 0 Å². The SMILES string of the molecule is O=C1C=C(c2ccc(Cl)cc2)N2c3ccccc3[C@@H]3CCN1[C@@H]32. The highest BCUT2D eigenvalue weighted by molar-refractivity contribution is 6.30. The summed E-state index contributed by atoms with van der Waals surface area (Å²) >= 11 is 6.02. The van der Waals surface area contributed by atoms with Crippen LogP contribution < -0.4 is 4.90 Å². The van der Waals surface area contributed by atoms with Crippen molar-refractivity contribution >= 4 is 28.9 Å². The van der Waals surface area contributed by atoms with Crippen LogP contribution in [0, 0.1) is 0 Å². The fourth-order valence-electron chi connectivity index (χ4n) is 4.20. The molecule has 0 unspecified atom stereocenters. The Labute approximate surface area is 139 Å². The quantitative estimate of drug-likeness (QED) is 0.796. The third-order valence-electron chi connectivity index (χ3n) is 5.16. The molecule has 1 fully saturated rings. The Morgan fingerprint density at radius 2 is 1.83 bits per heavy atom. The highest BCUT2D eigenvalue weighted by Gasteiger charge is 2.50. The van der Waals surface area contributed by atoms with Gasteiger partial charge in [0.15, 0.2) is 0 Å². The van der Waals surface area contributed by atoms with Crippen LogP contribution in [-0.4, -0.2) is 23.5 Å². The molecule has 3 aliphatic heterocycles. The fraction of sp³-hybridized carbons (Fsp3) is 0.211. The number of carbonyl (C=O) groups excluding carboxylic acids is 1. The summed E-state index contributed by atoms with van der Waals surface area (Å²) in [5.41, 5.74) is 4.59. The minimum atomic E-state index is 0.117. The second-order valence-electron chi connectivity index (χ2n) is 6.31. The lowest BCUT2D eigenvalue weighted by Crippen LogP contribution is -2.49. The molecule has 114 valence electrons. The maximum absolute atomic E-state index is 12.6. The van der Waals surface area contributed by atoms with Crippen molar-refractivity contribution in [3.8, 4) is 0 Å². The van der Waals surface area contributed by atoms with Gasteiger partial charge in [-0.2, -0.15) is 0 Å². The lowest BCUT2D eigenvalue weighted by molar-refractivity contribution is -0.127. The highest BCUT2D eigenvalue weighted by atomic mass is 35.5. The molecule has 2 aromatic rings. The molecule has 0 N–H and O–H groups in total. The third kappa shape index (κ3) is 1.74. The maximum Gasteiger partial charge on any atom is 0.250 e. The molecule has 0 aromatic heterocycles. The highest BCUT2D eigenvalue weighted by Crippen LogP contribution is 2.52. The van der Waals surface area contributed by atoms with Crippen LogP contribution in [0.3, 0.4) is 0 Å². The molecule has 0 saturated carbocycles. The molecular formula is C19H15ClN2O. The van der Waals surface area contributed by atoms with E-state index in [2.05, 4.69) is 29.2 Å². The van der Waals surface area contributed by atoms with Crippen LogP contribution in [0.15, 0.2) is 54.6 Å². The Bertz CT molecular complexity index is 843. The van der Waals surface area contributed by atoms with Gasteiger partial charge in [-0.25, -0.2) is 0 Å². The molecule has 23 heavy (non-hydrogen) atoms. The zero-order valence-electron chi connectivity index (χ0n) is 12.4. The summed E-state index contributed by atoms with van der Waals surface area (Å²) < 4.78 is 0. The number of carbonyl (C=O) groups is 1. The summed E-state index contributed by atoms with van der Waals surface area (Å²) in [4.78, 5) is 16.9. The van der Waals surface area contributed by atoms with E-state index in [1.807, 2.05) is 29.2 Å². The lowest BCUT2D eigenvalue weighted by Gasteiger charge is -2.39. The van der Waals surface area contributed by atoms with Crippen molar-refractivity contribution in [2.75, 3.05) is 11.4 Å². The van der Waals surface area contributed by atoms with Crippen molar-refractivity contribution in [1.82, 2.24) is 4.90 Å². The van der Waals surface area contributed by atoms with Crippen LogP contribution in [0.5, 0.6) is 0 Å². The number of fused-ring (bicyclic) bond motifs is 3. The molecule has 3 aliphatic rings. The molecule has 1 saturated heterocycles. The van der Waals surface area contributed by atoms with Gasteiger partial charge in [-0.3, -0.25) is 4.79 Å². The first-order chi connectivity index (χ1) is 11.2. The van der Waals surface area contributed by atoms with Crippen LogP contribution in [0.4, 0.5) is 5.69 Å². The zero-order chi connectivity index (χ0) is 15.6. The summed E-state index contributed by atoms with van der Waals surface area (Å²) in [6.45, 7) is 0.837. The van der Waals surface area contributed by atoms with Crippen LogP contribution in [0.25, 0.3) is 5.70 Å². The molecule has 0 radical (unpaired) electrons. The Balaban J connectivity index is 1.71. The minimum absolute atomic E-state index is 0.117. The number of anilines is 1. The summed E-state index contributed by atoms with van der Waals surface area (Å²) in [5, 5.41) is 0.707. The van der Waals surface area contributed by atoms with E-state index >= 15 is 0 Å². The molecule has 2 aromatic carbocycles. The van der Waals surface area contributed by atoms with Gasteiger partial charge in [0.1, 0.15) is 6.17 Å². The molecule has 0 bridgehead atoms. The normalized spacial score (nSPS) is 24.6. The minimum Gasteiger partial charge on any atom is -0.319 e. The Morgan fingerprint density at radius 3 is 2.65 bits per heavy atom. The van der Waals surface area contributed by atoms with Gasteiger partial charge in [-0.1, -0.05) is 41.9 Å². The monoisotopic (exact) mass is 322 g/mol. The molecule has 0 spiro atoms. The zero-order valence-corrected chi connectivity index (χ0v) is 13.2. The lowest BCUT2D eigenvalue weighted by atomic mass is 9.98. The number of nitrogens with zero attached hydrogens (tertiary/aromatic N) is 2. The second-order valence-corrected chi connectivity index (χ2v) is 6.74. The predicted molar refractivity (Wildman–Crippen MR) is 91.2 cm³/mol. The maximum atomic E-state index is 12.6. The topological polar surface area (TPSA) is 23.6 Å². The molecule has 1 amide bonds. The van der Waals surface area contributed by atoms with Crippen LogP contribution >= 0.6 is 11.6 Å². The molecule has 5 rings (SSSR count). The standard InChI is InChI=1S/C19H15ClN2O/c20-13-7-5-12(6-8-13)17-11-18(23)21-10-9-15-14-3-1-2-4-16(14)22(17)19(15)21/h1-8,11,15,19H,9-10H2/t15-,19+/m0/s1. The molecule has 3 nitrogen and oxygen atoms in total. The fourth-order valence-corrected chi connectivity index (χ4v) is 4.33. The van der Waals surface area contributed by atoms with Crippen molar-refractivity contribution in [2.24, 2.45) is 0 Å². The number of amides is 1. The summed E-state index contributed by atoms with van der Waals surface area (Å²) in [6.07, 6.45) is 2.92. The first kappa shape index (κ1) is 13.2. The summed E-state index contributed by atoms with van der Waals surface area (Å²) in [7, 11) is 0. The van der Waals surface area contributed by atoms with Gasteiger partial charge in [0.2, 0.25) is 5.91 Å². The predicted octanol–water partition coefficient (Wildman–Crippen LogP) is 3.86. The van der Waals surface area contributed by atoms with E-state index in [4.69, 9.17) is 11.6 Å². The van der Waals surface area contributed by atoms with Crippen molar-refractivity contribution in [2.45, 2.75) is 18.5 Å². The van der Waals surface area contributed by atoms with E-state index in [1.54, 1.807) is 6.08 Å². The van der Waals surface area contributed by atoms with Gasteiger partial charge in [-0.05, 0) is 35.7 Å². The van der Waals surface area contributed by atoms with Gasteiger partial charge >= 0.3 is 0 Å². The summed E-state index contributed by atoms with van der Waals surface area (Å²) in [5.74, 6) is 0.526. The van der Waals surface area contributed by atoms with Crippen molar-refractivity contribution < 1.29 is 4.79 Å². The van der Waals surface area contributed by atoms with E-state index in [-0.39, 0.29) is 12.1 Å². The van der Waals surface area contributed by atoms with Crippen LogP contribution in [-0.2, 0) is 4.79 Å². The summed E-state index contributed by atoms with van der Waals surface area (Å²) in [6, 6.07) is 16.3. The van der Waals surface area contributed by atoms with E-state index < -0.39 is 0 Å². The van der Waals surface area contributed by atoms with E-state index in [0.29, 0.717) is 10.9 Å². The van der Waals surface area contributed by atoms with Crippen LogP contribution in [0.1, 0.15) is 23.5 Å². The van der Waals surface area contributed by atoms with Crippen molar-refractivity contribution in [1.29, 1.82) is 0 Å². The van der Waals surface area contributed by atoms with Gasteiger partial charge < -0.3 is 9.80 Å². The smallest absolute Gasteiger partial charge is 0.250 e. The largest absolute Gasteiger partial charge is 0.319 e. The van der Waals surface area contributed by atoms with Gasteiger partial charge in [-0.15, -0.1) is 0 Å². The molecular weight excluding hydrogens is 308 g/mol. The molecule has 0 aliphatic carbocycles. The average Bonchev–Trinajstić information content (AvgIpc) is 3.13. The van der Waals surface area contributed by atoms with E-state index in [0.717, 1.165) is 24.2 Å². The Morgan fingerprint density at radius 1 is 1.04 bits per heavy atom. The number of rotatable bonds is 1. The van der Waals surface area contributed by atoms with Crippen LogP contribution in [0.2, 0.25) is 5.02 Å². The third-order valence-corrected chi connectivity index (χ3v) is 5.42. The Kier molecular flexibility index (Phi) is 2.65. The molecule has 2 atom stereocenters. The number of hydrogen-bond acceptors (Lipinski definition) is 2. The first-order valence-electron chi connectivity index (χ1n) is 7.90.